The van der Waals surface area contributed by atoms with Gasteiger partial charge in [-0.05, 0) is 43.2 Å². The van der Waals surface area contributed by atoms with E-state index in [1.54, 1.807) is 13.2 Å². The lowest BCUT2D eigenvalue weighted by molar-refractivity contribution is 0.412. The summed E-state index contributed by atoms with van der Waals surface area (Å²) in [4.78, 5) is 4.06. The first kappa shape index (κ1) is 13.5. The van der Waals surface area contributed by atoms with Crippen molar-refractivity contribution in [2.75, 3.05) is 7.11 Å². The monoisotopic (exact) mass is 260 g/mol. The standard InChI is InChI=1S/C15H17FN2O/c1-15(17,14-7-6-12(16)10-18-14)9-11-4-3-5-13(8-11)19-2/h3-8,10H,9,17H2,1-2H3. The summed E-state index contributed by atoms with van der Waals surface area (Å²) in [6, 6.07) is 10.7. The zero-order chi connectivity index (χ0) is 13.9. The van der Waals surface area contributed by atoms with Crippen LogP contribution in [0.1, 0.15) is 18.2 Å². The number of ether oxygens (including phenoxy) is 1. The lowest BCUT2D eigenvalue weighted by Gasteiger charge is -2.24. The molecule has 2 rings (SSSR count). The molecule has 2 N–H and O–H groups in total. The van der Waals surface area contributed by atoms with Crippen LogP contribution in [0, 0.1) is 5.82 Å². The largest absolute Gasteiger partial charge is 0.497 e. The highest BCUT2D eigenvalue weighted by Gasteiger charge is 2.23. The molecule has 1 heterocycles. The van der Waals surface area contributed by atoms with E-state index in [1.807, 2.05) is 31.2 Å². The molecule has 2 aromatic rings. The van der Waals surface area contributed by atoms with E-state index in [4.69, 9.17) is 10.5 Å². The van der Waals surface area contributed by atoms with Crippen LogP contribution in [-0.2, 0) is 12.0 Å². The van der Waals surface area contributed by atoms with Crippen molar-refractivity contribution >= 4 is 0 Å². The first-order valence-corrected chi connectivity index (χ1v) is 6.05. The van der Waals surface area contributed by atoms with E-state index in [2.05, 4.69) is 4.98 Å². The Morgan fingerprint density at radius 3 is 2.74 bits per heavy atom. The summed E-state index contributed by atoms with van der Waals surface area (Å²) in [5.74, 6) is 0.432. The molecule has 0 bridgehead atoms. The van der Waals surface area contributed by atoms with Gasteiger partial charge in [-0.15, -0.1) is 0 Å². The van der Waals surface area contributed by atoms with Crippen molar-refractivity contribution in [3.63, 3.8) is 0 Å². The minimum Gasteiger partial charge on any atom is -0.497 e. The van der Waals surface area contributed by atoms with Gasteiger partial charge in [0.05, 0.1) is 24.5 Å². The Balaban J connectivity index is 2.22. The van der Waals surface area contributed by atoms with Crippen molar-refractivity contribution in [2.45, 2.75) is 18.9 Å². The van der Waals surface area contributed by atoms with Gasteiger partial charge in [0.15, 0.2) is 0 Å². The summed E-state index contributed by atoms with van der Waals surface area (Å²) in [5.41, 5.74) is 7.35. The summed E-state index contributed by atoms with van der Waals surface area (Å²) in [6.07, 6.45) is 1.79. The van der Waals surface area contributed by atoms with Gasteiger partial charge >= 0.3 is 0 Å². The number of methoxy groups -OCH3 is 1. The van der Waals surface area contributed by atoms with E-state index in [0.29, 0.717) is 12.1 Å². The summed E-state index contributed by atoms with van der Waals surface area (Å²) in [7, 11) is 1.63. The molecule has 0 saturated carbocycles. The average Bonchev–Trinajstić information content (AvgIpc) is 2.39. The molecular formula is C15H17FN2O. The number of nitrogens with two attached hydrogens (primary N) is 1. The second kappa shape index (κ2) is 5.36. The normalized spacial score (nSPS) is 13.9. The number of nitrogens with zero attached hydrogens (tertiary/aromatic N) is 1. The summed E-state index contributed by atoms with van der Waals surface area (Å²) < 4.78 is 18.1. The van der Waals surface area contributed by atoms with Crippen LogP contribution in [0.3, 0.4) is 0 Å². The molecule has 4 heteroatoms. The van der Waals surface area contributed by atoms with E-state index in [1.165, 1.54) is 12.3 Å². The fraction of sp³-hybridized carbons (Fsp3) is 0.267. The minimum absolute atomic E-state index is 0.360. The SMILES string of the molecule is COc1cccc(CC(C)(N)c2ccc(F)cn2)c1. The number of rotatable bonds is 4. The zero-order valence-electron chi connectivity index (χ0n) is 11.1. The summed E-state index contributed by atoms with van der Waals surface area (Å²) >= 11 is 0. The Hall–Kier alpha value is -1.94. The summed E-state index contributed by atoms with van der Waals surface area (Å²) in [6.45, 7) is 1.88. The zero-order valence-corrected chi connectivity index (χ0v) is 11.1. The molecule has 0 saturated heterocycles. The molecule has 0 aliphatic carbocycles. The van der Waals surface area contributed by atoms with Gasteiger partial charge in [0.2, 0.25) is 0 Å². The number of hydrogen-bond acceptors (Lipinski definition) is 3. The molecule has 0 aliphatic rings. The van der Waals surface area contributed by atoms with E-state index >= 15 is 0 Å². The molecule has 0 fully saturated rings. The average molecular weight is 260 g/mol. The van der Waals surface area contributed by atoms with E-state index < -0.39 is 5.54 Å². The van der Waals surface area contributed by atoms with Crippen LogP contribution in [0.15, 0.2) is 42.6 Å². The quantitative estimate of drug-likeness (QED) is 0.919. The van der Waals surface area contributed by atoms with E-state index in [-0.39, 0.29) is 5.82 Å². The van der Waals surface area contributed by atoms with E-state index in [9.17, 15) is 4.39 Å². The Morgan fingerprint density at radius 2 is 2.11 bits per heavy atom. The van der Waals surface area contributed by atoms with Crippen molar-refractivity contribution in [3.8, 4) is 5.75 Å². The fourth-order valence-electron chi connectivity index (χ4n) is 2.01. The molecule has 0 radical (unpaired) electrons. The van der Waals surface area contributed by atoms with Crippen molar-refractivity contribution in [1.82, 2.24) is 4.98 Å². The van der Waals surface area contributed by atoms with Gasteiger partial charge in [0, 0.05) is 0 Å². The molecule has 19 heavy (non-hydrogen) atoms. The Kier molecular flexibility index (Phi) is 3.81. The second-order valence-electron chi connectivity index (χ2n) is 4.81. The van der Waals surface area contributed by atoms with Crippen LogP contribution >= 0.6 is 0 Å². The summed E-state index contributed by atoms with van der Waals surface area (Å²) in [5, 5.41) is 0. The molecule has 1 aromatic carbocycles. The number of benzene rings is 1. The van der Waals surface area contributed by atoms with Gasteiger partial charge in [-0.3, -0.25) is 4.98 Å². The Bertz CT molecular complexity index is 552. The van der Waals surface area contributed by atoms with Crippen molar-refractivity contribution in [3.05, 3.63) is 59.7 Å². The molecule has 1 aromatic heterocycles. The lowest BCUT2D eigenvalue weighted by Crippen LogP contribution is -2.36. The van der Waals surface area contributed by atoms with Gasteiger partial charge in [0.25, 0.3) is 0 Å². The van der Waals surface area contributed by atoms with Crippen LogP contribution in [0.4, 0.5) is 4.39 Å². The van der Waals surface area contributed by atoms with Gasteiger partial charge in [-0.1, -0.05) is 12.1 Å². The van der Waals surface area contributed by atoms with Gasteiger partial charge < -0.3 is 10.5 Å². The highest BCUT2D eigenvalue weighted by molar-refractivity contribution is 5.31. The highest BCUT2D eigenvalue weighted by atomic mass is 19.1. The van der Waals surface area contributed by atoms with Crippen molar-refractivity contribution in [2.24, 2.45) is 5.73 Å². The lowest BCUT2D eigenvalue weighted by atomic mass is 9.90. The Morgan fingerprint density at radius 1 is 1.32 bits per heavy atom. The number of hydrogen-bond donors (Lipinski definition) is 1. The number of halogens is 1. The minimum atomic E-state index is -0.653. The molecule has 0 spiro atoms. The highest BCUT2D eigenvalue weighted by Crippen LogP contribution is 2.23. The Labute approximate surface area is 112 Å². The second-order valence-corrected chi connectivity index (χ2v) is 4.81. The van der Waals surface area contributed by atoms with Crippen LogP contribution < -0.4 is 10.5 Å². The van der Waals surface area contributed by atoms with Crippen LogP contribution in [0.2, 0.25) is 0 Å². The molecular weight excluding hydrogens is 243 g/mol. The number of aromatic nitrogens is 1. The first-order valence-electron chi connectivity index (χ1n) is 6.05. The third-order valence-electron chi connectivity index (χ3n) is 3.02. The van der Waals surface area contributed by atoms with Crippen LogP contribution in [0.5, 0.6) is 5.75 Å². The van der Waals surface area contributed by atoms with Crippen LogP contribution in [-0.4, -0.2) is 12.1 Å². The predicted molar refractivity (Wildman–Crippen MR) is 72.4 cm³/mol. The topological polar surface area (TPSA) is 48.1 Å². The van der Waals surface area contributed by atoms with E-state index in [0.717, 1.165) is 11.3 Å². The van der Waals surface area contributed by atoms with Crippen molar-refractivity contribution < 1.29 is 9.13 Å². The third-order valence-corrected chi connectivity index (χ3v) is 3.02. The van der Waals surface area contributed by atoms with Gasteiger partial charge in [-0.25, -0.2) is 4.39 Å². The molecule has 3 nitrogen and oxygen atoms in total. The molecule has 100 valence electrons. The van der Waals surface area contributed by atoms with Crippen molar-refractivity contribution in [1.29, 1.82) is 0 Å². The maximum absolute atomic E-state index is 12.9. The van der Waals surface area contributed by atoms with Gasteiger partial charge in [0.1, 0.15) is 11.6 Å². The molecule has 1 unspecified atom stereocenters. The molecule has 0 aliphatic heterocycles. The first-order chi connectivity index (χ1) is 9.01. The maximum atomic E-state index is 12.9. The number of pyridine rings is 1. The smallest absolute Gasteiger partial charge is 0.141 e. The molecule has 0 amide bonds. The fourth-order valence-corrected chi connectivity index (χ4v) is 2.01. The molecule has 1 atom stereocenters. The van der Waals surface area contributed by atoms with Crippen LogP contribution in [0.25, 0.3) is 0 Å². The van der Waals surface area contributed by atoms with Gasteiger partial charge in [-0.2, -0.15) is 0 Å². The third kappa shape index (κ3) is 3.29. The maximum Gasteiger partial charge on any atom is 0.141 e. The predicted octanol–water partition coefficient (Wildman–Crippen LogP) is 2.65.